The molecule has 0 saturated heterocycles. The zero-order chi connectivity index (χ0) is 16.4. The summed E-state index contributed by atoms with van der Waals surface area (Å²) in [5.74, 6) is -0.703. The van der Waals surface area contributed by atoms with Gasteiger partial charge in [0.15, 0.2) is 0 Å². The predicted octanol–water partition coefficient (Wildman–Crippen LogP) is 4.25. The van der Waals surface area contributed by atoms with E-state index in [1.807, 2.05) is 43.3 Å². The third kappa shape index (κ3) is 2.96. The molecule has 1 N–H and O–H groups in total. The highest BCUT2D eigenvalue weighted by atomic mass is 32.1. The summed E-state index contributed by atoms with van der Waals surface area (Å²) >= 11 is 1.42. The Hall–Kier alpha value is -2.66. The lowest BCUT2D eigenvalue weighted by Gasteiger charge is -2.11. The minimum absolute atomic E-state index is 0.231. The third-order valence-corrected chi connectivity index (χ3v) is 4.68. The number of benzene rings is 2. The van der Waals surface area contributed by atoms with E-state index in [1.54, 1.807) is 12.1 Å². The largest absolute Gasteiger partial charge is 0.465 e. The fourth-order valence-corrected chi connectivity index (χ4v) is 3.34. The van der Waals surface area contributed by atoms with Crippen LogP contribution in [0.15, 0.2) is 48.5 Å². The van der Waals surface area contributed by atoms with Crippen LogP contribution in [0, 0.1) is 6.92 Å². The molecule has 23 heavy (non-hydrogen) atoms. The van der Waals surface area contributed by atoms with Crippen LogP contribution in [0.1, 0.15) is 25.6 Å². The van der Waals surface area contributed by atoms with E-state index in [0.29, 0.717) is 16.1 Å². The smallest absolute Gasteiger partial charge is 0.339 e. The first-order chi connectivity index (χ1) is 11.1. The van der Waals surface area contributed by atoms with E-state index in [1.165, 1.54) is 18.4 Å². The number of carbonyl (C=O) groups excluding carboxylic acids is 2. The van der Waals surface area contributed by atoms with Crippen LogP contribution in [0.3, 0.4) is 0 Å². The number of fused-ring (bicyclic) bond motifs is 1. The van der Waals surface area contributed by atoms with Crippen LogP contribution < -0.4 is 5.32 Å². The number of methoxy groups -OCH3 is 1. The molecule has 3 rings (SSSR count). The second-order valence-corrected chi connectivity index (χ2v) is 6.18. The molecule has 4 nitrogen and oxygen atoms in total. The molecule has 2 aromatic carbocycles. The normalized spacial score (nSPS) is 10.5. The zero-order valence-corrected chi connectivity index (χ0v) is 13.6. The van der Waals surface area contributed by atoms with Crippen molar-refractivity contribution in [2.45, 2.75) is 6.92 Å². The molecule has 0 atom stereocenters. The van der Waals surface area contributed by atoms with Gasteiger partial charge < -0.3 is 10.1 Å². The quantitative estimate of drug-likeness (QED) is 0.733. The molecule has 0 bridgehead atoms. The van der Waals surface area contributed by atoms with Gasteiger partial charge in [0, 0.05) is 4.70 Å². The van der Waals surface area contributed by atoms with E-state index in [-0.39, 0.29) is 5.91 Å². The van der Waals surface area contributed by atoms with Crippen LogP contribution in [0.2, 0.25) is 0 Å². The summed E-state index contributed by atoms with van der Waals surface area (Å²) in [6.45, 7) is 1.84. The Morgan fingerprint density at radius 1 is 1.09 bits per heavy atom. The van der Waals surface area contributed by atoms with Gasteiger partial charge in [-0.3, -0.25) is 4.79 Å². The van der Waals surface area contributed by atoms with E-state index in [2.05, 4.69) is 5.32 Å². The number of ether oxygens (including phenoxy) is 1. The van der Waals surface area contributed by atoms with Gasteiger partial charge in [-0.25, -0.2) is 4.79 Å². The summed E-state index contributed by atoms with van der Waals surface area (Å²) in [5.41, 5.74) is 1.64. The molecule has 0 spiro atoms. The summed E-state index contributed by atoms with van der Waals surface area (Å²) in [6.07, 6.45) is 0. The number of anilines is 1. The first-order valence-electron chi connectivity index (χ1n) is 7.08. The van der Waals surface area contributed by atoms with Crippen LogP contribution in [0.4, 0.5) is 5.69 Å². The van der Waals surface area contributed by atoms with Crippen LogP contribution in [-0.2, 0) is 4.74 Å². The minimum atomic E-state index is -0.472. The number of esters is 1. The van der Waals surface area contributed by atoms with Crippen molar-refractivity contribution in [3.63, 3.8) is 0 Å². The number of aryl methyl sites for hydroxylation is 1. The molecule has 0 fully saturated rings. The van der Waals surface area contributed by atoms with Gasteiger partial charge in [0.25, 0.3) is 5.91 Å². The average Bonchev–Trinajstić information content (AvgIpc) is 3.00. The van der Waals surface area contributed by atoms with Crippen molar-refractivity contribution in [2.75, 3.05) is 12.4 Å². The zero-order valence-electron chi connectivity index (χ0n) is 12.8. The number of hydrogen-bond donors (Lipinski definition) is 1. The lowest BCUT2D eigenvalue weighted by atomic mass is 10.1. The highest BCUT2D eigenvalue weighted by molar-refractivity contribution is 7.20. The Morgan fingerprint density at radius 3 is 2.61 bits per heavy atom. The van der Waals surface area contributed by atoms with Crippen molar-refractivity contribution < 1.29 is 14.3 Å². The number of rotatable bonds is 3. The fraction of sp³-hybridized carbons (Fsp3) is 0.111. The molecule has 0 radical (unpaired) electrons. The molecule has 0 aliphatic heterocycles. The van der Waals surface area contributed by atoms with Gasteiger partial charge in [0.1, 0.15) is 0 Å². The van der Waals surface area contributed by atoms with Crippen molar-refractivity contribution in [3.8, 4) is 0 Å². The first-order valence-corrected chi connectivity index (χ1v) is 7.89. The Balaban J connectivity index is 1.95. The summed E-state index contributed by atoms with van der Waals surface area (Å²) in [6, 6.07) is 14.9. The monoisotopic (exact) mass is 325 g/mol. The van der Waals surface area contributed by atoms with E-state index in [4.69, 9.17) is 4.74 Å². The van der Waals surface area contributed by atoms with Gasteiger partial charge in [-0.1, -0.05) is 30.3 Å². The number of thiophene rings is 1. The van der Waals surface area contributed by atoms with Crippen LogP contribution >= 0.6 is 11.3 Å². The molecule has 1 heterocycles. The number of hydrogen-bond acceptors (Lipinski definition) is 4. The molecule has 1 aromatic heterocycles. The Labute approximate surface area is 137 Å². The second kappa shape index (κ2) is 6.22. The van der Waals surface area contributed by atoms with Crippen LogP contribution in [0.25, 0.3) is 10.1 Å². The molecule has 3 aromatic rings. The van der Waals surface area contributed by atoms with Gasteiger partial charge in [-0.05, 0) is 36.1 Å². The van der Waals surface area contributed by atoms with Crippen molar-refractivity contribution >= 4 is 39.0 Å². The Kier molecular flexibility index (Phi) is 4.12. The number of carbonyl (C=O) groups is 2. The van der Waals surface area contributed by atoms with E-state index >= 15 is 0 Å². The number of amides is 1. The first kappa shape index (κ1) is 15.2. The topological polar surface area (TPSA) is 55.4 Å². The fourth-order valence-electron chi connectivity index (χ4n) is 2.38. The van der Waals surface area contributed by atoms with Crippen molar-refractivity contribution in [1.29, 1.82) is 0 Å². The Bertz CT molecular complexity index is 865. The maximum atomic E-state index is 12.5. The van der Waals surface area contributed by atoms with E-state index < -0.39 is 5.97 Å². The summed E-state index contributed by atoms with van der Waals surface area (Å²) < 4.78 is 5.83. The third-order valence-electron chi connectivity index (χ3n) is 3.57. The lowest BCUT2D eigenvalue weighted by Crippen LogP contribution is -2.15. The highest BCUT2D eigenvalue weighted by Gasteiger charge is 2.17. The van der Waals surface area contributed by atoms with Crippen molar-refractivity contribution in [1.82, 2.24) is 0 Å². The summed E-state index contributed by atoms with van der Waals surface area (Å²) in [5, 5.41) is 3.87. The van der Waals surface area contributed by atoms with Gasteiger partial charge in [0.05, 0.1) is 23.2 Å². The van der Waals surface area contributed by atoms with Gasteiger partial charge in [-0.2, -0.15) is 0 Å². The molecule has 0 saturated carbocycles. The average molecular weight is 325 g/mol. The molecule has 1 amide bonds. The molecule has 0 aliphatic rings. The maximum absolute atomic E-state index is 12.5. The molecule has 5 heteroatoms. The van der Waals surface area contributed by atoms with E-state index in [0.717, 1.165) is 15.6 Å². The maximum Gasteiger partial charge on any atom is 0.339 e. The minimum Gasteiger partial charge on any atom is -0.465 e. The standard InChI is InChI=1S/C18H15NO3S/c1-11-6-5-8-13(18(21)22-2)16(11)19-17(20)15-10-12-7-3-4-9-14(12)23-15/h3-10H,1-2H3,(H,19,20). The molecule has 0 unspecified atom stereocenters. The van der Waals surface area contributed by atoms with Crippen molar-refractivity contribution in [3.05, 3.63) is 64.5 Å². The SMILES string of the molecule is COC(=O)c1cccc(C)c1NC(=O)c1cc2ccccc2s1. The second-order valence-electron chi connectivity index (χ2n) is 5.09. The van der Waals surface area contributed by atoms with Gasteiger partial charge in [-0.15, -0.1) is 11.3 Å². The molecule has 0 aliphatic carbocycles. The highest BCUT2D eigenvalue weighted by Crippen LogP contribution is 2.27. The number of para-hydroxylation sites is 1. The lowest BCUT2D eigenvalue weighted by molar-refractivity contribution is 0.0602. The Morgan fingerprint density at radius 2 is 1.87 bits per heavy atom. The molecular weight excluding hydrogens is 310 g/mol. The van der Waals surface area contributed by atoms with Gasteiger partial charge in [0.2, 0.25) is 0 Å². The summed E-state index contributed by atoms with van der Waals surface area (Å²) in [7, 11) is 1.32. The summed E-state index contributed by atoms with van der Waals surface area (Å²) in [4.78, 5) is 25.0. The molecule has 116 valence electrons. The van der Waals surface area contributed by atoms with Crippen LogP contribution in [0.5, 0.6) is 0 Å². The van der Waals surface area contributed by atoms with Crippen molar-refractivity contribution in [2.24, 2.45) is 0 Å². The number of nitrogens with one attached hydrogen (secondary N) is 1. The molecular formula is C18H15NO3S. The van der Waals surface area contributed by atoms with Gasteiger partial charge >= 0.3 is 5.97 Å². The van der Waals surface area contributed by atoms with Crippen LogP contribution in [-0.4, -0.2) is 19.0 Å². The predicted molar refractivity (Wildman–Crippen MR) is 92.3 cm³/mol. The van der Waals surface area contributed by atoms with E-state index in [9.17, 15) is 9.59 Å².